The molecule has 33 heavy (non-hydrogen) atoms. The number of nitriles is 2. The van der Waals surface area contributed by atoms with Crippen LogP contribution in [0.4, 0.5) is 5.69 Å². The lowest BCUT2D eigenvalue weighted by Crippen LogP contribution is -2.14. The van der Waals surface area contributed by atoms with E-state index in [0.29, 0.717) is 10.7 Å². The molecule has 0 atom stereocenters. The molecular weight excluding hydrogens is 452 g/mol. The molecule has 2 aromatic heterocycles. The summed E-state index contributed by atoms with van der Waals surface area (Å²) in [6, 6.07) is 11.6. The van der Waals surface area contributed by atoms with Gasteiger partial charge >= 0.3 is 0 Å². The quantitative estimate of drug-likeness (QED) is 0.350. The van der Waals surface area contributed by atoms with Crippen LogP contribution in [0.25, 0.3) is 11.1 Å². The Hall–Kier alpha value is -3.32. The van der Waals surface area contributed by atoms with Crippen LogP contribution < -0.4 is 5.32 Å². The van der Waals surface area contributed by atoms with Crippen LogP contribution in [-0.2, 0) is 17.6 Å². The number of benzene rings is 1. The van der Waals surface area contributed by atoms with E-state index in [-0.39, 0.29) is 5.57 Å². The predicted molar refractivity (Wildman–Crippen MR) is 133 cm³/mol. The van der Waals surface area contributed by atoms with E-state index in [1.165, 1.54) is 10.4 Å². The van der Waals surface area contributed by atoms with Gasteiger partial charge in [0, 0.05) is 27.0 Å². The zero-order valence-corrected chi connectivity index (χ0v) is 20.3. The molecule has 1 aliphatic rings. The van der Waals surface area contributed by atoms with Gasteiger partial charge in [-0.25, -0.2) is 0 Å². The normalized spacial score (nSPS) is 13.2. The summed E-state index contributed by atoms with van der Waals surface area (Å²) in [6.07, 6.45) is 5.84. The second-order valence-corrected chi connectivity index (χ2v) is 9.69. The van der Waals surface area contributed by atoms with Gasteiger partial charge in [-0.05, 0) is 87.4 Å². The Morgan fingerprint density at radius 1 is 1.21 bits per heavy atom. The standard InChI is InChI=1S/C26H23ClN4OS/c1-15-11-18(12-19(13-28)25(32)30-23-9-6-8-22(27)16(23)2)17(3)31(15)26-21(14-29)20-7-4-5-10-24(20)33-26/h6,8-9,11-12H,4-5,7,10H2,1-3H3,(H,30,32)/b19-12-. The Labute approximate surface area is 202 Å². The molecule has 1 aromatic carbocycles. The van der Waals surface area contributed by atoms with Crippen molar-refractivity contribution in [2.75, 3.05) is 5.32 Å². The first kappa shape index (κ1) is 22.9. The molecule has 0 bridgehead atoms. The lowest BCUT2D eigenvalue weighted by Gasteiger charge is -2.10. The first-order valence-corrected chi connectivity index (χ1v) is 12.0. The highest BCUT2D eigenvalue weighted by Gasteiger charge is 2.24. The summed E-state index contributed by atoms with van der Waals surface area (Å²) in [6.45, 7) is 5.74. The van der Waals surface area contributed by atoms with Crippen LogP contribution in [0.2, 0.25) is 5.02 Å². The maximum absolute atomic E-state index is 12.8. The fourth-order valence-electron chi connectivity index (χ4n) is 4.31. The maximum Gasteiger partial charge on any atom is 0.266 e. The molecule has 0 fully saturated rings. The average molecular weight is 475 g/mol. The van der Waals surface area contributed by atoms with Crippen LogP contribution in [0.1, 0.15) is 51.4 Å². The molecular formula is C26H23ClN4OS. The summed E-state index contributed by atoms with van der Waals surface area (Å²) < 4.78 is 2.07. The summed E-state index contributed by atoms with van der Waals surface area (Å²) >= 11 is 7.83. The van der Waals surface area contributed by atoms with Crippen molar-refractivity contribution in [2.24, 2.45) is 0 Å². The number of carbonyl (C=O) groups excluding carboxylic acids is 1. The van der Waals surface area contributed by atoms with Crippen molar-refractivity contribution in [3.05, 3.63) is 73.4 Å². The van der Waals surface area contributed by atoms with Gasteiger partial charge in [-0.3, -0.25) is 4.79 Å². The summed E-state index contributed by atoms with van der Waals surface area (Å²) in [4.78, 5) is 14.1. The third kappa shape index (κ3) is 4.20. The van der Waals surface area contributed by atoms with Gasteiger partial charge in [-0.2, -0.15) is 10.5 Å². The van der Waals surface area contributed by atoms with Gasteiger partial charge in [-0.15, -0.1) is 11.3 Å². The molecule has 166 valence electrons. The largest absolute Gasteiger partial charge is 0.321 e. The molecule has 4 rings (SSSR count). The number of nitrogens with one attached hydrogen (secondary N) is 1. The highest BCUT2D eigenvalue weighted by molar-refractivity contribution is 7.15. The smallest absolute Gasteiger partial charge is 0.266 e. The number of halogens is 1. The molecule has 0 radical (unpaired) electrons. The minimum Gasteiger partial charge on any atom is -0.321 e. The molecule has 1 N–H and O–H groups in total. The van der Waals surface area contributed by atoms with Gasteiger partial charge in [-0.1, -0.05) is 17.7 Å². The van der Waals surface area contributed by atoms with Gasteiger partial charge in [0.15, 0.2) is 0 Å². The number of amides is 1. The molecule has 0 saturated carbocycles. The third-order valence-corrected chi connectivity index (χ3v) is 7.81. The first-order valence-electron chi connectivity index (χ1n) is 10.8. The van der Waals surface area contributed by atoms with E-state index in [4.69, 9.17) is 11.6 Å². The molecule has 2 heterocycles. The molecule has 1 amide bonds. The topological polar surface area (TPSA) is 81.6 Å². The second-order valence-electron chi connectivity index (χ2n) is 8.20. The van der Waals surface area contributed by atoms with Gasteiger partial charge < -0.3 is 9.88 Å². The van der Waals surface area contributed by atoms with Gasteiger partial charge in [0.05, 0.1) is 5.56 Å². The third-order valence-electron chi connectivity index (χ3n) is 6.12. The monoisotopic (exact) mass is 474 g/mol. The number of nitrogens with zero attached hydrogens (tertiary/aromatic N) is 3. The Morgan fingerprint density at radius 3 is 2.70 bits per heavy atom. The van der Waals surface area contributed by atoms with E-state index in [1.807, 2.05) is 32.9 Å². The number of rotatable bonds is 4. The van der Waals surface area contributed by atoms with Crippen LogP contribution in [-0.4, -0.2) is 10.5 Å². The highest BCUT2D eigenvalue weighted by atomic mass is 35.5. The Morgan fingerprint density at radius 2 is 1.97 bits per heavy atom. The summed E-state index contributed by atoms with van der Waals surface area (Å²) in [5.41, 5.74) is 5.87. The van der Waals surface area contributed by atoms with Crippen molar-refractivity contribution in [3.8, 4) is 17.1 Å². The molecule has 0 aliphatic heterocycles. The van der Waals surface area contributed by atoms with Crippen molar-refractivity contribution in [1.29, 1.82) is 10.5 Å². The molecule has 3 aromatic rings. The Bertz CT molecular complexity index is 1380. The number of fused-ring (bicyclic) bond motifs is 1. The van der Waals surface area contributed by atoms with Crippen molar-refractivity contribution in [1.82, 2.24) is 4.57 Å². The fourth-order valence-corrected chi connectivity index (χ4v) is 5.93. The van der Waals surface area contributed by atoms with E-state index in [2.05, 4.69) is 16.0 Å². The number of hydrogen-bond donors (Lipinski definition) is 1. The average Bonchev–Trinajstić information content (AvgIpc) is 3.30. The minimum atomic E-state index is -0.489. The lowest BCUT2D eigenvalue weighted by atomic mass is 9.96. The number of aromatic nitrogens is 1. The predicted octanol–water partition coefficient (Wildman–Crippen LogP) is 6.41. The lowest BCUT2D eigenvalue weighted by molar-refractivity contribution is -0.112. The zero-order valence-electron chi connectivity index (χ0n) is 18.8. The van der Waals surface area contributed by atoms with Crippen LogP contribution in [0, 0.1) is 43.4 Å². The van der Waals surface area contributed by atoms with E-state index in [1.54, 1.807) is 35.6 Å². The second kappa shape index (κ2) is 9.27. The highest BCUT2D eigenvalue weighted by Crippen LogP contribution is 2.38. The van der Waals surface area contributed by atoms with Crippen molar-refractivity contribution < 1.29 is 4.79 Å². The van der Waals surface area contributed by atoms with Gasteiger partial charge in [0.2, 0.25) is 0 Å². The van der Waals surface area contributed by atoms with Crippen LogP contribution in [0.5, 0.6) is 0 Å². The van der Waals surface area contributed by atoms with Gasteiger partial charge in [0.25, 0.3) is 5.91 Å². The molecule has 5 nitrogen and oxygen atoms in total. The summed E-state index contributed by atoms with van der Waals surface area (Å²) in [7, 11) is 0. The van der Waals surface area contributed by atoms with E-state index in [9.17, 15) is 15.3 Å². The Kier molecular flexibility index (Phi) is 6.42. The summed E-state index contributed by atoms with van der Waals surface area (Å²) in [5, 5.41) is 23.8. The number of thiophene rings is 1. The minimum absolute atomic E-state index is 0.000561. The van der Waals surface area contributed by atoms with Gasteiger partial charge in [0.1, 0.15) is 22.7 Å². The number of anilines is 1. The maximum atomic E-state index is 12.8. The molecule has 0 spiro atoms. The summed E-state index contributed by atoms with van der Waals surface area (Å²) in [5.74, 6) is -0.489. The number of hydrogen-bond acceptors (Lipinski definition) is 4. The van der Waals surface area contributed by atoms with Crippen molar-refractivity contribution in [3.63, 3.8) is 0 Å². The molecule has 7 heteroatoms. The van der Waals surface area contributed by atoms with E-state index < -0.39 is 5.91 Å². The van der Waals surface area contributed by atoms with Crippen LogP contribution >= 0.6 is 22.9 Å². The van der Waals surface area contributed by atoms with Crippen molar-refractivity contribution >= 4 is 40.6 Å². The number of aryl methyl sites for hydroxylation is 2. The first-order chi connectivity index (χ1) is 15.8. The Balaban J connectivity index is 1.71. The van der Waals surface area contributed by atoms with E-state index >= 15 is 0 Å². The molecule has 0 saturated heterocycles. The van der Waals surface area contributed by atoms with Crippen LogP contribution in [0.3, 0.4) is 0 Å². The van der Waals surface area contributed by atoms with E-state index in [0.717, 1.165) is 58.8 Å². The molecule has 0 unspecified atom stereocenters. The zero-order chi connectivity index (χ0) is 23.7. The van der Waals surface area contributed by atoms with Crippen molar-refractivity contribution in [2.45, 2.75) is 46.5 Å². The van der Waals surface area contributed by atoms with Crippen LogP contribution in [0.15, 0.2) is 29.8 Å². The number of carbonyl (C=O) groups is 1. The SMILES string of the molecule is Cc1c(Cl)cccc1NC(=O)/C(C#N)=C\c1cc(C)n(-c2sc3c(c2C#N)CCCC3)c1C. The molecule has 1 aliphatic carbocycles. The fraction of sp³-hybridized carbons (Fsp3) is 0.269.